The molecule has 0 aliphatic carbocycles. The summed E-state index contributed by atoms with van der Waals surface area (Å²) < 4.78 is 11.0. The lowest BCUT2D eigenvalue weighted by molar-refractivity contribution is 0.312. The first-order chi connectivity index (χ1) is 8.80. The van der Waals surface area contributed by atoms with E-state index in [2.05, 4.69) is 4.98 Å². The molecule has 18 heavy (non-hydrogen) atoms. The molecule has 0 fully saturated rings. The predicted molar refractivity (Wildman–Crippen MR) is 73.2 cm³/mol. The molecule has 2 rings (SSSR count). The highest BCUT2D eigenvalue weighted by molar-refractivity contribution is 7.13. The summed E-state index contributed by atoms with van der Waals surface area (Å²) in [5.41, 5.74) is 7.42. The molecule has 0 bridgehead atoms. The maximum Gasteiger partial charge on any atom is 0.171 e. The Labute approximate surface area is 110 Å². The quantitative estimate of drug-likeness (QED) is 0.902. The normalized spacial score (nSPS) is 10.4. The van der Waals surface area contributed by atoms with Gasteiger partial charge in [-0.3, -0.25) is 0 Å². The minimum Gasteiger partial charge on any atom is -0.493 e. The van der Waals surface area contributed by atoms with Gasteiger partial charge in [-0.15, -0.1) is 11.3 Å². The van der Waals surface area contributed by atoms with E-state index >= 15 is 0 Å². The van der Waals surface area contributed by atoms with Gasteiger partial charge in [-0.05, 0) is 19.1 Å². The van der Waals surface area contributed by atoms with E-state index < -0.39 is 0 Å². The summed E-state index contributed by atoms with van der Waals surface area (Å²) >= 11 is 1.56. The molecule has 0 atom stereocenters. The number of benzene rings is 1. The zero-order valence-corrected chi connectivity index (χ0v) is 11.3. The van der Waals surface area contributed by atoms with Crippen molar-refractivity contribution in [3.05, 3.63) is 29.3 Å². The van der Waals surface area contributed by atoms with Gasteiger partial charge in [0.2, 0.25) is 0 Å². The first kappa shape index (κ1) is 12.9. The van der Waals surface area contributed by atoms with Crippen molar-refractivity contribution in [2.24, 2.45) is 5.73 Å². The van der Waals surface area contributed by atoms with Gasteiger partial charge in [0.1, 0.15) is 5.01 Å². The molecule has 0 spiro atoms. The van der Waals surface area contributed by atoms with Crippen molar-refractivity contribution in [3.63, 3.8) is 0 Å². The van der Waals surface area contributed by atoms with E-state index in [1.807, 2.05) is 30.5 Å². The highest BCUT2D eigenvalue weighted by Gasteiger charge is 2.14. The Balaban J connectivity index is 2.48. The van der Waals surface area contributed by atoms with Crippen molar-refractivity contribution in [1.82, 2.24) is 4.98 Å². The number of hydrogen-bond acceptors (Lipinski definition) is 5. The molecule has 0 saturated carbocycles. The highest BCUT2D eigenvalue weighted by atomic mass is 32.1. The van der Waals surface area contributed by atoms with E-state index in [1.165, 1.54) is 0 Å². The topological polar surface area (TPSA) is 57.4 Å². The SMILES string of the molecule is CCOc1c(OC)cccc1-c1nc(CN)cs1. The summed E-state index contributed by atoms with van der Waals surface area (Å²) in [6.07, 6.45) is 0. The second-order valence-corrected chi connectivity index (χ2v) is 4.48. The van der Waals surface area contributed by atoms with Gasteiger partial charge in [-0.1, -0.05) is 6.07 Å². The van der Waals surface area contributed by atoms with Crippen LogP contribution in [-0.2, 0) is 6.54 Å². The Bertz CT molecular complexity index is 525. The predicted octanol–water partition coefficient (Wildman–Crippen LogP) is 2.68. The largest absolute Gasteiger partial charge is 0.493 e. The summed E-state index contributed by atoms with van der Waals surface area (Å²) in [6.45, 7) is 2.98. The van der Waals surface area contributed by atoms with Crippen LogP contribution in [-0.4, -0.2) is 18.7 Å². The zero-order chi connectivity index (χ0) is 13.0. The Morgan fingerprint density at radius 3 is 2.83 bits per heavy atom. The molecule has 1 heterocycles. The Kier molecular flexibility index (Phi) is 4.17. The summed E-state index contributed by atoms with van der Waals surface area (Å²) in [5, 5.41) is 2.86. The number of rotatable bonds is 5. The number of aromatic nitrogens is 1. The minimum absolute atomic E-state index is 0.449. The third-order valence-corrected chi connectivity index (χ3v) is 3.40. The molecule has 0 radical (unpaired) electrons. The van der Waals surface area contributed by atoms with E-state index in [4.69, 9.17) is 15.2 Å². The van der Waals surface area contributed by atoms with Gasteiger partial charge in [0, 0.05) is 11.9 Å². The molecule has 0 amide bonds. The van der Waals surface area contributed by atoms with Crippen molar-refractivity contribution >= 4 is 11.3 Å². The molecular weight excluding hydrogens is 248 g/mol. The Hall–Kier alpha value is -1.59. The average Bonchev–Trinajstić information content (AvgIpc) is 2.88. The van der Waals surface area contributed by atoms with Crippen LogP contribution < -0.4 is 15.2 Å². The standard InChI is InChI=1S/C13H16N2O2S/c1-3-17-12-10(5-4-6-11(12)16-2)13-15-9(7-14)8-18-13/h4-6,8H,3,7,14H2,1-2H3. The summed E-state index contributed by atoms with van der Waals surface area (Å²) in [7, 11) is 1.63. The molecule has 0 aliphatic heterocycles. The maximum absolute atomic E-state index is 5.67. The van der Waals surface area contributed by atoms with Crippen molar-refractivity contribution in [1.29, 1.82) is 0 Å². The first-order valence-corrected chi connectivity index (χ1v) is 6.62. The van der Waals surface area contributed by atoms with Crippen molar-refractivity contribution in [2.45, 2.75) is 13.5 Å². The van der Waals surface area contributed by atoms with E-state index in [-0.39, 0.29) is 0 Å². The first-order valence-electron chi connectivity index (χ1n) is 5.74. The van der Waals surface area contributed by atoms with Crippen LogP contribution in [0.3, 0.4) is 0 Å². The second kappa shape index (κ2) is 5.84. The van der Waals surface area contributed by atoms with Crippen LogP contribution in [0.2, 0.25) is 0 Å². The van der Waals surface area contributed by atoms with Gasteiger partial charge in [0.05, 0.1) is 25.0 Å². The van der Waals surface area contributed by atoms with Crippen LogP contribution in [0.15, 0.2) is 23.6 Å². The highest BCUT2D eigenvalue weighted by Crippen LogP contribution is 2.39. The lowest BCUT2D eigenvalue weighted by Gasteiger charge is -2.12. The number of nitrogens with zero attached hydrogens (tertiary/aromatic N) is 1. The van der Waals surface area contributed by atoms with Crippen molar-refractivity contribution in [3.8, 4) is 22.1 Å². The van der Waals surface area contributed by atoms with Gasteiger partial charge in [0.25, 0.3) is 0 Å². The molecule has 1 aromatic heterocycles. The Morgan fingerprint density at radius 1 is 1.39 bits per heavy atom. The van der Waals surface area contributed by atoms with Crippen LogP contribution in [0, 0.1) is 0 Å². The number of para-hydroxylation sites is 1. The monoisotopic (exact) mass is 264 g/mol. The van der Waals surface area contributed by atoms with Crippen LogP contribution >= 0.6 is 11.3 Å². The molecular formula is C13H16N2O2S. The average molecular weight is 264 g/mol. The smallest absolute Gasteiger partial charge is 0.171 e. The third-order valence-electron chi connectivity index (χ3n) is 2.48. The maximum atomic E-state index is 5.67. The van der Waals surface area contributed by atoms with Gasteiger partial charge in [-0.25, -0.2) is 4.98 Å². The summed E-state index contributed by atoms with van der Waals surface area (Å²) in [5.74, 6) is 1.46. The van der Waals surface area contributed by atoms with E-state index in [9.17, 15) is 0 Å². The Morgan fingerprint density at radius 2 is 2.22 bits per heavy atom. The van der Waals surface area contributed by atoms with Crippen LogP contribution in [0.4, 0.5) is 0 Å². The molecule has 0 unspecified atom stereocenters. The molecule has 2 aromatic rings. The summed E-state index contributed by atoms with van der Waals surface area (Å²) in [6, 6.07) is 5.79. The van der Waals surface area contributed by atoms with Gasteiger partial charge >= 0.3 is 0 Å². The number of methoxy groups -OCH3 is 1. The number of ether oxygens (including phenoxy) is 2. The van der Waals surface area contributed by atoms with Crippen LogP contribution in [0.25, 0.3) is 10.6 Å². The number of hydrogen-bond donors (Lipinski definition) is 1. The minimum atomic E-state index is 0.449. The van der Waals surface area contributed by atoms with Crippen LogP contribution in [0.5, 0.6) is 11.5 Å². The molecule has 2 N–H and O–H groups in total. The van der Waals surface area contributed by atoms with E-state index in [0.29, 0.717) is 13.2 Å². The number of nitrogens with two attached hydrogens (primary N) is 1. The molecule has 5 heteroatoms. The molecule has 1 aromatic carbocycles. The molecule has 4 nitrogen and oxygen atoms in total. The summed E-state index contributed by atoms with van der Waals surface area (Å²) in [4.78, 5) is 4.48. The fourth-order valence-electron chi connectivity index (χ4n) is 1.66. The van der Waals surface area contributed by atoms with Gasteiger partial charge in [-0.2, -0.15) is 0 Å². The lowest BCUT2D eigenvalue weighted by atomic mass is 10.2. The van der Waals surface area contributed by atoms with Crippen molar-refractivity contribution in [2.75, 3.05) is 13.7 Å². The lowest BCUT2D eigenvalue weighted by Crippen LogP contribution is -1.98. The fraction of sp³-hybridized carbons (Fsp3) is 0.308. The third kappa shape index (κ3) is 2.47. The molecule has 0 aliphatic rings. The van der Waals surface area contributed by atoms with E-state index in [1.54, 1.807) is 18.4 Å². The van der Waals surface area contributed by atoms with E-state index in [0.717, 1.165) is 27.8 Å². The molecule has 96 valence electrons. The van der Waals surface area contributed by atoms with Gasteiger partial charge in [0.15, 0.2) is 11.5 Å². The zero-order valence-electron chi connectivity index (χ0n) is 10.5. The second-order valence-electron chi connectivity index (χ2n) is 3.62. The molecule has 0 saturated heterocycles. The fourth-order valence-corrected chi connectivity index (χ4v) is 2.52. The van der Waals surface area contributed by atoms with Crippen LogP contribution in [0.1, 0.15) is 12.6 Å². The number of thiazole rings is 1. The van der Waals surface area contributed by atoms with Crippen molar-refractivity contribution < 1.29 is 9.47 Å². The van der Waals surface area contributed by atoms with Gasteiger partial charge < -0.3 is 15.2 Å².